The van der Waals surface area contributed by atoms with Gasteiger partial charge in [-0.25, -0.2) is 4.98 Å². The summed E-state index contributed by atoms with van der Waals surface area (Å²) in [5, 5.41) is 3.52. The summed E-state index contributed by atoms with van der Waals surface area (Å²) in [4.78, 5) is 4.81. The van der Waals surface area contributed by atoms with Crippen molar-refractivity contribution >= 4 is 33.1 Å². The van der Waals surface area contributed by atoms with E-state index in [4.69, 9.17) is 4.98 Å². The van der Waals surface area contributed by atoms with Crippen LogP contribution in [0.4, 0.5) is 11.5 Å². The molecule has 0 aliphatic rings. The third-order valence-electron chi connectivity index (χ3n) is 3.96. The third-order valence-corrected chi connectivity index (χ3v) is 4.49. The molecule has 2 aromatic carbocycles. The number of halogens is 1. The first-order valence-corrected chi connectivity index (χ1v) is 8.57. The van der Waals surface area contributed by atoms with E-state index in [0.717, 1.165) is 32.9 Å². The minimum Gasteiger partial charge on any atom is -0.339 e. The van der Waals surface area contributed by atoms with Gasteiger partial charge in [-0.2, -0.15) is 0 Å². The number of rotatable bonds is 3. The number of hydrogen-bond donors (Lipinski definition) is 1. The fourth-order valence-corrected chi connectivity index (χ4v) is 2.96. The van der Waals surface area contributed by atoms with Crippen LogP contribution in [0.25, 0.3) is 16.9 Å². The second kappa shape index (κ2) is 6.13. The molecule has 4 rings (SSSR count). The highest BCUT2D eigenvalue weighted by Gasteiger charge is 2.14. The average Bonchev–Trinajstić information content (AvgIpc) is 2.96. The quantitative estimate of drug-likeness (QED) is 0.487. The van der Waals surface area contributed by atoms with E-state index in [-0.39, 0.29) is 0 Å². The topological polar surface area (TPSA) is 29.3 Å². The first kappa shape index (κ1) is 15.0. The Kier molecular flexibility index (Phi) is 3.82. The van der Waals surface area contributed by atoms with E-state index < -0.39 is 0 Å². The zero-order valence-electron chi connectivity index (χ0n) is 13.2. The van der Waals surface area contributed by atoms with Gasteiger partial charge in [0.25, 0.3) is 0 Å². The van der Waals surface area contributed by atoms with Crippen molar-refractivity contribution in [1.82, 2.24) is 9.38 Å². The maximum atomic E-state index is 4.81. The lowest BCUT2D eigenvalue weighted by atomic mass is 10.1. The highest BCUT2D eigenvalue weighted by molar-refractivity contribution is 9.10. The molecule has 4 heteroatoms. The average molecular weight is 378 g/mol. The number of aromatic nitrogens is 2. The van der Waals surface area contributed by atoms with E-state index in [1.807, 2.05) is 36.5 Å². The van der Waals surface area contributed by atoms with Gasteiger partial charge in [-0.1, -0.05) is 51.8 Å². The van der Waals surface area contributed by atoms with Gasteiger partial charge >= 0.3 is 0 Å². The van der Waals surface area contributed by atoms with Gasteiger partial charge in [0.1, 0.15) is 17.2 Å². The van der Waals surface area contributed by atoms with E-state index in [9.17, 15) is 0 Å². The first-order valence-electron chi connectivity index (χ1n) is 7.77. The molecule has 1 N–H and O–H groups in total. The third kappa shape index (κ3) is 2.81. The molecule has 3 nitrogen and oxygen atoms in total. The van der Waals surface area contributed by atoms with Crippen LogP contribution in [0.5, 0.6) is 0 Å². The molecule has 24 heavy (non-hydrogen) atoms. The summed E-state index contributed by atoms with van der Waals surface area (Å²) in [6, 6.07) is 22.6. The number of benzene rings is 2. The molecule has 118 valence electrons. The molecule has 2 heterocycles. The molecule has 0 aliphatic carbocycles. The molecule has 0 saturated carbocycles. The summed E-state index contributed by atoms with van der Waals surface area (Å²) in [5.74, 6) is 0.969. The van der Waals surface area contributed by atoms with Gasteiger partial charge in [-0.3, -0.25) is 4.40 Å². The van der Waals surface area contributed by atoms with Gasteiger partial charge < -0.3 is 5.32 Å². The number of nitrogens with zero attached hydrogens (tertiary/aromatic N) is 2. The van der Waals surface area contributed by atoms with E-state index in [2.05, 4.69) is 69.0 Å². The summed E-state index contributed by atoms with van der Waals surface area (Å²) in [7, 11) is 0. The van der Waals surface area contributed by atoms with E-state index in [1.165, 1.54) is 5.56 Å². The zero-order chi connectivity index (χ0) is 16.5. The summed E-state index contributed by atoms with van der Waals surface area (Å²) in [6.07, 6.45) is 2.03. The molecule has 0 bridgehead atoms. The minimum atomic E-state index is 0.921. The summed E-state index contributed by atoms with van der Waals surface area (Å²) < 4.78 is 3.14. The SMILES string of the molecule is Cc1ccc(Nc2c(-c3ccc(Br)cc3)nc3ccccn23)cc1. The predicted molar refractivity (Wildman–Crippen MR) is 103 cm³/mol. The molecule has 0 amide bonds. The number of aryl methyl sites for hydroxylation is 1. The Morgan fingerprint density at radius 2 is 1.67 bits per heavy atom. The van der Waals surface area contributed by atoms with Gasteiger partial charge in [-0.05, 0) is 43.3 Å². The van der Waals surface area contributed by atoms with Crippen LogP contribution < -0.4 is 5.32 Å². The minimum absolute atomic E-state index is 0.921. The zero-order valence-corrected chi connectivity index (χ0v) is 14.8. The lowest BCUT2D eigenvalue weighted by molar-refractivity contribution is 1.18. The Hall–Kier alpha value is -2.59. The maximum Gasteiger partial charge on any atom is 0.143 e. The number of hydrogen-bond acceptors (Lipinski definition) is 2. The molecule has 0 unspecified atom stereocenters. The lowest BCUT2D eigenvalue weighted by Gasteiger charge is -2.09. The smallest absolute Gasteiger partial charge is 0.143 e. The van der Waals surface area contributed by atoms with Gasteiger partial charge in [0.15, 0.2) is 0 Å². The number of fused-ring (bicyclic) bond motifs is 1. The van der Waals surface area contributed by atoms with Crippen molar-refractivity contribution in [2.45, 2.75) is 6.92 Å². The number of anilines is 2. The monoisotopic (exact) mass is 377 g/mol. The van der Waals surface area contributed by atoms with Crippen molar-refractivity contribution in [3.05, 3.63) is 83.0 Å². The van der Waals surface area contributed by atoms with E-state index >= 15 is 0 Å². The Morgan fingerprint density at radius 3 is 2.42 bits per heavy atom. The molecular formula is C20H16BrN3. The molecule has 0 spiro atoms. The molecule has 2 aromatic heterocycles. The molecule has 0 atom stereocenters. The van der Waals surface area contributed by atoms with Gasteiger partial charge in [0.05, 0.1) is 0 Å². The molecule has 0 fully saturated rings. The second-order valence-electron chi connectivity index (χ2n) is 5.74. The van der Waals surface area contributed by atoms with Crippen molar-refractivity contribution in [1.29, 1.82) is 0 Å². The normalized spacial score (nSPS) is 10.9. The van der Waals surface area contributed by atoms with Crippen LogP contribution in [0.2, 0.25) is 0 Å². The fourth-order valence-electron chi connectivity index (χ4n) is 2.70. The van der Waals surface area contributed by atoms with Gasteiger partial charge in [0, 0.05) is 21.9 Å². The maximum absolute atomic E-state index is 4.81. The van der Waals surface area contributed by atoms with E-state index in [1.54, 1.807) is 0 Å². The van der Waals surface area contributed by atoms with Crippen molar-refractivity contribution < 1.29 is 0 Å². The van der Waals surface area contributed by atoms with Crippen LogP contribution in [-0.4, -0.2) is 9.38 Å². The lowest BCUT2D eigenvalue weighted by Crippen LogP contribution is -1.96. The van der Waals surface area contributed by atoms with Crippen molar-refractivity contribution in [3.63, 3.8) is 0 Å². The fraction of sp³-hybridized carbons (Fsp3) is 0.0500. The van der Waals surface area contributed by atoms with Crippen LogP contribution in [0, 0.1) is 6.92 Å². The molecule has 0 aliphatic heterocycles. The Morgan fingerprint density at radius 1 is 0.917 bits per heavy atom. The Labute approximate surface area is 149 Å². The van der Waals surface area contributed by atoms with Crippen LogP contribution in [0.3, 0.4) is 0 Å². The van der Waals surface area contributed by atoms with E-state index in [0.29, 0.717) is 0 Å². The molecular weight excluding hydrogens is 362 g/mol. The second-order valence-corrected chi connectivity index (χ2v) is 6.65. The van der Waals surface area contributed by atoms with Gasteiger partial charge in [0.2, 0.25) is 0 Å². The van der Waals surface area contributed by atoms with Crippen molar-refractivity contribution in [3.8, 4) is 11.3 Å². The highest BCUT2D eigenvalue weighted by Crippen LogP contribution is 2.31. The van der Waals surface area contributed by atoms with Crippen LogP contribution >= 0.6 is 15.9 Å². The van der Waals surface area contributed by atoms with Crippen LogP contribution in [0.15, 0.2) is 77.4 Å². The Balaban J connectivity index is 1.86. The first-order chi connectivity index (χ1) is 11.7. The Bertz CT molecular complexity index is 986. The number of imidazole rings is 1. The molecule has 0 saturated heterocycles. The summed E-state index contributed by atoms with van der Waals surface area (Å²) >= 11 is 3.49. The number of nitrogens with one attached hydrogen (secondary N) is 1. The molecule has 4 aromatic rings. The highest BCUT2D eigenvalue weighted by atomic mass is 79.9. The van der Waals surface area contributed by atoms with Crippen molar-refractivity contribution in [2.24, 2.45) is 0 Å². The molecule has 0 radical (unpaired) electrons. The number of pyridine rings is 1. The largest absolute Gasteiger partial charge is 0.339 e. The van der Waals surface area contributed by atoms with Crippen molar-refractivity contribution in [2.75, 3.05) is 5.32 Å². The summed E-state index contributed by atoms with van der Waals surface area (Å²) in [6.45, 7) is 2.09. The van der Waals surface area contributed by atoms with Crippen LogP contribution in [0.1, 0.15) is 5.56 Å². The van der Waals surface area contributed by atoms with Gasteiger partial charge in [-0.15, -0.1) is 0 Å². The standard InChI is InChI=1S/C20H16BrN3/c1-14-5-11-17(12-6-14)22-20-19(15-7-9-16(21)10-8-15)23-18-4-2-3-13-24(18)20/h2-13,22H,1H3. The van der Waals surface area contributed by atoms with Crippen LogP contribution in [-0.2, 0) is 0 Å². The summed E-state index contributed by atoms with van der Waals surface area (Å²) in [5.41, 5.74) is 5.23. The predicted octanol–water partition coefficient (Wildman–Crippen LogP) is 5.82.